The Hall–Kier alpha value is -3.98. The van der Waals surface area contributed by atoms with Crippen LogP contribution in [0.5, 0.6) is 0 Å². The molecule has 0 unspecified atom stereocenters. The van der Waals surface area contributed by atoms with Crippen molar-refractivity contribution in [3.8, 4) is 22.8 Å². The summed E-state index contributed by atoms with van der Waals surface area (Å²) in [6, 6.07) is 17.1. The molecule has 0 spiro atoms. The first-order chi connectivity index (χ1) is 16.2. The second-order valence-corrected chi connectivity index (χ2v) is 7.80. The summed E-state index contributed by atoms with van der Waals surface area (Å²) in [5.74, 6) is -1.35. The lowest BCUT2D eigenvalue weighted by molar-refractivity contribution is -0.137. The minimum Gasteiger partial charge on any atom is -0.283 e. The van der Waals surface area contributed by atoms with Crippen LogP contribution in [0.4, 0.5) is 17.6 Å². The van der Waals surface area contributed by atoms with E-state index in [1.807, 2.05) is 6.07 Å². The standard InChI is InChI=1S/C24H13ClF4N4O/c25-15-7-9-17(10-8-15)33-21(18-11-6-14(12-19(18)26)24(27,28)29)31-22-20(23(33)34)30-13-32(22)16-4-2-1-3-5-16/h1-13H. The van der Waals surface area contributed by atoms with Crippen LogP contribution in [0.15, 0.2) is 83.9 Å². The summed E-state index contributed by atoms with van der Waals surface area (Å²) in [4.78, 5) is 22.2. The van der Waals surface area contributed by atoms with Gasteiger partial charge in [-0.05, 0) is 54.6 Å². The van der Waals surface area contributed by atoms with Crippen LogP contribution >= 0.6 is 11.6 Å². The Morgan fingerprint density at radius 1 is 0.882 bits per heavy atom. The van der Waals surface area contributed by atoms with E-state index in [9.17, 15) is 18.0 Å². The van der Waals surface area contributed by atoms with Crippen LogP contribution in [0.25, 0.3) is 33.9 Å². The number of nitrogens with zero attached hydrogens (tertiary/aromatic N) is 4. The smallest absolute Gasteiger partial charge is 0.283 e. The first-order valence-corrected chi connectivity index (χ1v) is 10.3. The molecule has 0 N–H and O–H groups in total. The van der Waals surface area contributed by atoms with Gasteiger partial charge in [-0.15, -0.1) is 0 Å². The zero-order valence-electron chi connectivity index (χ0n) is 17.1. The number of imidazole rings is 1. The van der Waals surface area contributed by atoms with Crippen molar-refractivity contribution in [1.82, 2.24) is 19.1 Å². The molecule has 0 aliphatic carbocycles. The number of rotatable bonds is 3. The fourth-order valence-electron chi connectivity index (χ4n) is 3.61. The molecule has 0 radical (unpaired) electrons. The van der Waals surface area contributed by atoms with Crippen LogP contribution < -0.4 is 5.56 Å². The molecule has 5 aromatic rings. The number of halogens is 5. The molecule has 3 aromatic carbocycles. The van der Waals surface area contributed by atoms with Crippen molar-refractivity contribution in [3.05, 3.63) is 106 Å². The number of para-hydroxylation sites is 1. The molecule has 0 aliphatic heterocycles. The molecule has 2 aromatic heterocycles. The van der Waals surface area contributed by atoms with Crippen LogP contribution in [0, 0.1) is 5.82 Å². The number of hydrogen-bond donors (Lipinski definition) is 0. The van der Waals surface area contributed by atoms with E-state index in [0.29, 0.717) is 22.5 Å². The largest absolute Gasteiger partial charge is 0.416 e. The van der Waals surface area contributed by atoms with E-state index in [2.05, 4.69) is 9.97 Å². The van der Waals surface area contributed by atoms with Crippen molar-refractivity contribution in [2.45, 2.75) is 6.18 Å². The molecule has 0 amide bonds. The summed E-state index contributed by atoms with van der Waals surface area (Å²) in [6.45, 7) is 0. The molecule has 5 rings (SSSR count). The van der Waals surface area contributed by atoms with Crippen molar-refractivity contribution in [1.29, 1.82) is 0 Å². The van der Waals surface area contributed by atoms with Gasteiger partial charge < -0.3 is 0 Å². The molecule has 0 atom stereocenters. The first kappa shape index (κ1) is 21.8. The maximum Gasteiger partial charge on any atom is 0.416 e. The van der Waals surface area contributed by atoms with Crippen molar-refractivity contribution in [2.24, 2.45) is 0 Å². The van der Waals surface area contributed by atoms with Crippen molar-refractivity contribution >= 4 is 22.8 Å². The van der Waals surface area contributed by atoms with E-state index >= 15 is 4.39 Å². The SMILES string of the molecule is O=c1c2ncn(-c3ccccc3)c2nc(-c2ccc(C(F)(F)F)cc2F)n1-c1ccc(Cl)cc1. The van der Waals surface area contributed by atoms with E-state index in [1.165, 1.54) is 30.6 Å². The van der Waals surface area contributed by atoms with Gasteiger partial charge in [0.1, 0.15) is 12.1 Å². The van der Waals surface area contributed by atoms with Gasteiger partial charge >= 0.3 is 6.18 Å². The summed E-state index contributed by atoms with van der Waals surface area (Å²) < 4.78 is 56.9. The van der Waals surface area contributed by atoms with Gasteiger partial charge in [-0.2, -0.15) is 13.2 Å². The van der Waals surface area contributed by atoms with E-state index < -0.39 is 23.1 Å². The van der Waals surface area contributed by atoms with Gasteiger partial charge in [0.2, 0.25) is 0 Å². The Balaban J connectivity index is 1.84. The topological polar surface area (TPSA) is 52.7 Å². The van der Waals surface area contributed by atoms with E-state index in [0.717, 1.165) is 16.7 Å². The van der Waals surface area contributed by atoms with E-state index in [1.54, 1.807) is 28.8 Å². The van der Waals surface area contributed by atoms with Crippen LogP contribution in [0.3, 0.4) is 0 Å². The number of fused-ring (bicyclic) bond motifs is 1. The van der Waals surface area contributed by atoms with Crippen LogP contribution in [0.2, 0.25) is 5.02 Å². The first-order valence-electron chi connectivity index (χ1n) is 9.92. The number of aromatic nitrogens is 4. The minimum absolute atomic E-state index is 0.00914. The Kier molecular flexibility index (Phi) is 5.21. The van der Waals surface area contributed by atoms with Gasteiger partial charge in [0.25, 0.3) is 5.56 Å². The lowest BCUT2D eigenvalue weighted by Gasteiger charge is -2.15. The summed E-state index contributed by atoms with van der Waals surface area (Å²) in [6.07, 6.45) is -3.31. The van der Waals surface area contributed by atoms with Crippen LogP contribution in [0.1, 0.15) is 5.56 Å². The Morgan fingerprint density at radius 3 is 2.24 bits per heavy atom. The van der Waals surface area contributed by atoms with Crippen molar-refractivity contribution in [3.63, 3.8) is 0 Å². The maximum atomic E-state index is 15.0. The van der Waals surface area contributed by atoms with Crippen molar-refractivity contribution in [2.75, 3.05) is 0 Å². The molecule has 170 valence electrons. The van der Waals surface area contributed by atoms with E-state index in [-0.39, 0.29) is 22.6 Å². The Labute approximate surface area is 194 Å². The molecule has 0 fully saturated rings. The fourth-order valence-corrected chi connectivity index (χ4v) is 3.74. The summed E-state index contributed by atoms with van der Waals surface area (Å²) in [5.41, 5.74) is -0.943. The monoisotopic (exact) mass is 484 g/mol. The van der Waals surface area contributed by atoms with Gasteiger partial charge in [0.05, 0.1) is 16.8 Å². The average Bonchev–Trinajstić information content (AvgIpc) is 3.24. The third-order valence-electron chi connectivity index (χ3n) is 5.23. The Bertz CT molecular complexity index is 1580. The summed E-state index contributed by atoms with van der Waals surface area (Å²) >= 11 is 5.96. The summed E-state index contributed by atoms with van der Waals surface area (Å²) in [5, 5.41) is 0.404. The third-order valence-corrected chi connectivity index (χ3v) is 5.48. The van der Waals surface area contributed by atoms with Gasteiger partial charge in [-0.1, -0.05) is 29.8 Å². The number of hydrogen-bond acceptors (Lipinski definition) is 3. The van der Waals surface area contributed by atoms with Crippen LogP contribution in [-0.4, -0.2) is 19.1 Å². The second kappa shape index (κ2) is 8.11. The van der Waals surface area contributed by atoms with Gasteiger partial charge in [-0.3, -0.25) is 13.9 Å². The van der Waals surface area contributed by atoms with Crippen molar-refractivity contribution < 1.29 is 17.6 Å². The van der Waals surface area contributed by atoms with Gasteiger partial charge in [-0.25, -0.2) is 14.4 Å². The molecule has 0 aliphatic rings. The predicted octanol–water partition coefficient (Wildman–Crippen LogP) is 6.05. The molecule has 10 heteroatoms. The third kappa shape index (κ3) is 3.73. The molecule has 5 nitrogen and oxygen atoms in total. The number of alkyl halides is 3. The zero-order valence-corrected chi connectivity index (χ0v) is 17.8. The highest BCUT2D eigenvalue weighted by Gasteiger charge is 2.32. The van der Waals surface area contributed by atoms with E-state index in [4.69, 9.17) is 11.6 Å². The van der Waals surface area contributed by atoms with Gasteiger partial charge in [0.15, 0.2) is 17.0 Å². The average molecular weight is 485 g/mol. The zero-order chi connectivity index (χ0) is 24.0. The molecule has 0 saturated carbocycles. The summed E-state index contributed by atoms with van der Waals surface area (Å²) in [7, 11) is 0. The van der Waals surface area contributed by atoms with Crippen LogP contribution in [-0.2, 0) is 6.18 Å². The number of benzene rings is 3. The van der Waals surface area contributed by atoms with Gasteiger partial charge in [0, 0.05) is 10.7 Å². The highest BCUT2D eigenvalue weighted by molar-refractivity contribution is 6.30. The predicted molar refractivity (Wildman–Crippen MR) is 120 cm³/mol. The minimum atomic E-state index is -4.72. The lowest BCUT2D eigenvalue weighted by atomic mass is 10.1. The molecule has 2 heterocycles. The highest BCUT2D eigenvalue weighted by Crippen LogP contribution is 2.33. The molecule has 34 heavy (non-hydrogen) atoms. The molecule has 0 bridgehead atoms. The molecular formula is C24H13ClF4N4O. The second-order valence-electron chi connectivity index (χ2n) is 7.37. The quantitative estimate of drug-likeness (QED) is 0.293. The normalized spacial score (nSPS) is 11.8. The molecule has 0 saturated heterocycles. The Morgan fingerprint density at radius 2 is 1.59 bits per heavy atom. The highest BCUT2D eigenvalue weighted by atomic mass is 35.5. The lowest BCUT2D eigenvalue weighted by Crippen LogP contribution is -2.23. The maximum absolute atomic E-state index is 15.0. The molecular weight excluding hydrogens is 472 g/mol. The fraction of sp³-hybridized carbons (Fsp3) is 0.0417.